The van der Waals surface area contributed by atoms with Gasteiger partial charge in [0.25, 0.3) is 10.0 Å². The monoisotopic (exact) mass is 649 g/mol. The Morgan fingerprint density at radius 1 is 0.848 bits per heavy atom. The molecule has 0 aliphatic rings. The molecule has 0 spiro atoms. The van der Waals surface area contributed by atoms with Crippen molar-refractivity contribution in [2.45, 2.75) is 37.8 Å². The van der Waals surface area contributed by atoms with Crippen LogP contribution in [0.25, 0.3) is 0 Å². The molecular weight excluding hydrogens is 612 g/mol. The lowest BCUT2D eigenvalue weighted by Gasteiger charge is -2.34. The number of ether oxygens (including phenoxy) is 1. The second-order valence-electron chi connectivity index (χ2n) is 11.1. The maximum Gasteiger partial charge on any atom is 0.264 e. The van der Waals surface area contributed by atoms with Crippen LogP contribution in [0.15, 0.2) is 108 Å². The summed E-state index contributed by atoms with van der Waals surface area (Å²) in [6.45, 7) is 3.13. The van der Waals surface area contributed by atoms with Crippen LogP contribution in [0.1, 0.15) is 25.0 Å². The number of carbonyl (C=O) groups excluding carboxylic acids is 2. The van der Waals surface area contributed by atoms with Gasteiger partial charge in [-0.15, -0.1) is 0 Å². The third kappa shape index (κ3) is 8.69. The molecule has 0 saturated heterocycles. The average Bonchev–Trinajstić information content (AvgIpc) is 3.05. The molecular formula is C35H37F2N3O5S. The Morgan fingerprint density at radius 2 is 1.48 bits per heavy atom. The van der Waals surface area contributed by atoms with Crippen LogP contribution in [-0.2, 0) is 32.6 Å². The molecule has 0 aliphatic carbocycles. The summed E-state index contributed by atoms with van der Waals surface area (Å²) in [6.07, 6.45) is 0.0900. The van der Waals surface area contributed by atoms with E-state index in [-0.39, 0.29) is 35.0 Å². The molecule has 4 aromatic carbocycles. The van der Waals surface area contributed by atoms with Crippen LogP contribution < -0.4 is 14.4 Å². The van der Waals surface area contributed by atoms with Gasteiger partial charge in [0.1, 0.15) is 30.0 Å². The lowest BCUT2D eigenvalue weighted by atomic mass is 10.0. The first-order valence-electron chi connectivity index (χ1n) is 14.8. The molecule has 0 saturated carbocycles. The number of hydrogen-bond donors (Lipinski definition) is 1. The Kier molecular flexibility index (Phi) is 11.5. The molecule has 11 heteroatoms. The van der Waals surface area contributed by atoms with Gasteiger partial charge in [-0.1, -0.05) is 62.4 Å². The number of hydrogen-bond acceptors (Lipinski definition) is 5. The first kappa shape index (κ1) is 34.1. The highest BCUT2D eigenvalue weighted by molar-refractivity contribution is 7.92. The van der Waals surface area contributed by atoms with Crippen molar-refractivity contribution in [2.24, 2.45) is 5.92 Å². The standard InChI is InChI=1S/C35H37F2N3O5S/c1-25(2)22-38-35(42)33(21-26-9-5-4-6-10-26)39(23-27-11-7-8-12-32(27)37)34(41)24-40(29-15-13-28(36)14-16-29)46(43,44)31-19-17-30(45-3)18-20-31/h4-20,25,33H,21-24H2,1-3H3,(H,38,42). The fraction of sp³-hybridized carbons (Fsp3) is 0.257. The fourth-order valence-corrected chi connectivity index (χ4v) is 6.21. The van der Waals surface area contributed by atoms with Gasteiger partial charge in [0.15, 0.2) is 0 Å². The van der Waals surface area contributed by atoms with E-state index in [1.807, 2.05) is 32.0 Å². The van der Waals surface area contributed by atoms with E-state index in [1.165, 1.54) is 66.6 Å². The predicted molar refractivity (Wildman–Crippen MR) is 173 cm³/mol. The van der Waals surface area contributed by atoms with Crippen molar-refractivity contribution in [2.75, 3.05) is 24.5 Å². The highest BCUT2D eigenvalue weighted by Crippen LogP contribution is 2.27. The molecule has 0 aliphatic heterocycles. The van der Waals surface area contributed by atoms with Gasteiger partial charge in [0.2, 0.25) is 11.8 Å². The molecule has 2 amide bonds. The summed E-state index contributed by atoms with van der Waals surface area (Å²) < 4.78 is 63.0. The number of rotatable bonds is 14. The van der Waals surface area contributed by atoms with Gasteiger partial charge < -0.3 is 15.0 Å². The highest BCUT2D eigenvalue weighted by atomic mass is 32.2. The number of anilines is 1. The zero-order valence-electron chi connectivity index (χ0n) is 25.9. The van der Waals surface area contributed by atoms with E-state index >= 15 is 4.39 Å². The second kappa shape index (κ2) is 15.5. The maximum atomic E-state index is 15.0. The normalized spacial score (nSPS) is 12.0. The Bertz CT molecular complexity index is 1720. The largest absolute Gasteiger partial charge is 0.497 e. The molecule has 242 valence electrons. The molecule has 1 atom stereocenters. The lowest BCUT2D eigenvalue weighted by Crippen LogP contribution is -2.53. The molecule has 0 radical (unpaired) electrons. The van der Waals surface area contributed by atoms with Gasteiger partial charge in [-0.3, -0.25) is 13.9 Å². The number of benzene rings is 4. The topological polar surface area (TPSA) is 96.0 Å². The Hall–Kier alpha value is -4.77. The molecule has 0 heterocycles. The van der Waals surface area contributed by atoms with Gasteiger partial charge in [-0.2, -0.15) is 0 Å². The van der Waals surface area contributed by atoms with Crippen LogP contribution in [0, 0.1) is 17.6 Å². The molecule has 46 heavy (non-hydrogen) atoms. The summed E-state index contributed by atoms with van der Waals surface area (Å²) in [5.74, 6) is -1.86. The van der Waals surface area contributed by atoms with Gasteiger partial charge in [-0.25, -0.2) is 17.2 Å². The van der Waals surface area contributed by atoms with E-state index in [0.717, 1.165) is 22.0 Å². The molecule has 0 fully saturated rings. The van der Waals surface area contributed by atoms with E-state index in [2.05, 4.69) is 5.32 Å². The molecule has 1 unspecified atom stereocenters. The van der Waals surface area contributed by atoms with Crippen molar-refractivity contribution in [1.29, 1.82) is 0 Å². The number of halogens is 2. The maximum absolute atomic E-state index is 15.0. The average molecular weight is 650 g/mol. The van der Waals surface area contributed by atoms with Crippen LogP contribution in [0.3, 0.4) is 0 Å². The number of sulfonamides is 1. The van der Waals surface area contributed by atoms with Gasteiger partial charge in [0.05, 0.1) is 17.7 Å². The lowest BCUT2D eigenvalue weighted by molar-refractivity contribution is -0.140. The zero-order chi connectivity index (χ0) is 33.3. The predicted octanol–water partition coefficient (Wildman–Crippen LogP) is 5.58. The van der Waals surface area contributed by atoms with Crippen LogP contribution >= 0.6 is 0 Å². The van der Waals surface area contributed by atoms with E-state index in [1.54, 1.807) is 18.2 Å². The molecule has 1 N–H and O–H groups in total. The number of methoxy groups -OCH3 is 1. The zero-order valence-corrected chi connectivity index (χ0v) is 26.7. The summed E-state index contributed by atoms with van der Waals surface area (Å²) in [5, 5.41) is 2.88. The fourth-order valence-electron chi connectivity index (χ4n) is 4.80. The van der Waals surface area contributed by atoms with Crippen molar-refractivity contribution in [1.82, 2.24) is 10.2 Å². The minimum absolute atomic E-state index is 0.0280. The summed E-state index contributed by atoms with van der Waals surface area (Å²) in [7, 11) is -2.95. The van der Waals surface area contributed by atoms with Crippen molar-refractivity contribution in [3.05, 3.63) is 126 Å². The van der Waals surface area contributed by atoms with Crippen molar-refractivity contribution in [3.63, 3.8) is 0 Å². The first-order valence-corrected chi connectivity index (χ1v) is 16.2. The van der Waals surface area contributed by atoms with Gasteiger partial charge >= 0.3 is 0 Å². The summed E-state index contributed by atoms with van der Waals surface area (Å²) in [5.41, 5.74) is 0.928. The SMILES string of the molecule is COc1ccc(S(=O)(=O)N(CC(=O)N(Cc2ccccc2F)C(Cc2ccccc2)C(=O)NCC(C)C)c2ccc(F)cc2)cc1. The van der Waals surface area contributed by atoms with Crippen LogP contribution in [0.5, 0.6) is 5.75 Å². The highest BCUT2D eigenvalue weighted by Gasteiger charge is 2.35. The number of nitrogens with one attached hydrogen (secondary N) is 1. The summed E-state index contributed by atoms with van der Waals surface area (Å²) in [4.78, 5) is 29.2. The number of carbonyl (C=O) groups is 2. The summed E-state index contributed by atoms with van der Waals surface area (Å²) in [6, 6.07) is 24.1. The van der Waals surface area contributed by atoms with Gasteiger partial charge in [0, 0.05) is 25.1 Å². The minimum atomic E-state index is -4.39. The molecule has 4 aromatic rings. The first-order chi connectivity index (χ1) is 22.0. The molecule has 0 bridgehead atoms. The Balaban J connectivity index is 1.80. The Morgan fingerprint density at radius 3 is 2.09 bits per heavy atom. The van der Waals surface area contributed by atoms with Crippen LogP contribution in [-0.4, -0.2) is 51.4 Å². The molecule has 0 aromatic heterocycles. The second-order valence-corrected chi connectivity index (χ2v) is 13.0. The van der Waals surface area contributed by atoms with Crippen LogP contribution in [0.4, 0.5) is 14.5 Å². The van der Waals surface area contributed by atoms with E-state index in [0.29, 0.717) is 12.3 Å². The third-order valence-electron chi connectivity index (χ3n) is 7.30. The Labute approximate surface area is 268 Å². The van der Waals surface area contributed by atoms with E-state index in [9.17, 15) is 22.4 Å². The minimum Gasteiger partial charge on any atom is -0.497 e. The number of amides is 2. The van der Waals surface area contributed by atoms with Crippen molar-refractivity contribution in [3.8, 4) is 5.75 Å². The quantitative estimate of drug-likeness (QED) is 0.193. The molecule has 4 rings (SSSR count). The van der Waals surface area contributed by atoms with Crippen molar-refractivity contribution >= 4 is 27.5 Å². The van der Waals surface area contributed by atoms with Crippen molar-refractivity contribution < 1.29 is 31.5 Å². The van der Waals surface area contributed by atoms with Crippen LogP contribution in [0.2, 0.25) is 0 Å². The number of nitrogens with zero attached hydrogens (tertiary/aromatic N) is 2. The smallest absolute Gasteiger partial charge is 0.264 e. The van der Waals surface area contributed by atoms with E-state index in [4.69, 9.17) is 4.74 Å². The van der Waals surface area contributed by atoms with Gasteiger partial charge in [-0.05, 0) is 66.1 Å². The van der Waals surface area contributed by atoms with E-state index < -0.39 is 46.1 Å². The summed E-state index contributed by atoms with van der Waals surface area (Å²) >= 11 is 0. The molecule has 8 nitrogen and oxygen atoms in total. The third-order valence-corrected chi connectivity index (χ3v) is 9.08.